The van der Waals surface area contributed by atoms with Crippen LogP contribution in [0.3, 0.4) is 0 Å². The first-order valence-electron chi connectivity index (χ1n) is 7.93. The van der Waals surface area contributed by atoms with Crippen LogP contribution in [0.4, 0.5) is 0 Å². The maximum absolute atomic E-state index is 12.4. The summed E-state index contributed by atoms with van der Waals surface area (Å²) < 4.78 is 25.7. The lowest BCUT2D eigenvalue weighted by Crippen LogP contribution is -2.28. The Bertz CT molecular complexity index is 812. The molecule has 1 amide bonds. The number of likely N-dealkylation sites (N-methyl/N-ethyl adjacent to an activating group) is 1. The van der Waals surface area contributed by atoms with Crippen LogP contribution in [0, 0.1) is 0 Å². The number of carbonyl (C=O) groups is 1. The highest BCUT2D eigenvalue weighted by molar-refractivity contribution is 7.91. The van der Waals surface area contributed by atoms with Gasteiger partial charge >= 0.3 is 0 Å². The SMILES string of the molecule is CCn1ccc(CN(C)C(=O)Cc2cccc(S(=O)(=O)CC)c2)n1. The van der Waals surface area contributed by atoms with Crippen LogP contribution >= 0.6 is 0 Å². The average molecular weight is 349 g/mol. The Balaban J connectivity index is 2.04. The highest BCUT2D eigenvalue weighted by atomic mass is 32.2. The van der Waals surface area contributed by atoms with Crippen LogP contribution in [0.25, 0.3) is 0 Å². The molecule has 0 spiro atoms. The van der Waals surface area contributed by atoms with Gasteiger partial charge in [0.1, 0.15) is 0 Å². The maximum Gasteiger partial charge on any atom is 0.227 e. The lowest BCUT2D eigenvalue weighted by Gasteiger charge is -2.16. The molecule has 0 aliphatic carbocycles. The van der Waals surface area contributed by atoms with Crippen molar-refractivity contribution >= 4 is 15.7 Å². The molecule has 0 unspecified atom stereocenters. The van der Waals surface area contributed by atoms with Crippen LogP contribution in [0.15, 0.2) is 41.4 Å². The van der Waals surface area contributed by atoms with Gasteiger partial charge in [0, 0.05) is 19.8 Å². The molecule has 0 radical (unpaired) electrons. The normalized spacial score (nSPS) is 11.5. The van der Waals surface area contributed by atoms with Gasteiger partial charge in [-0.1, -0.05) is 19.1 Å². The lowest BCUT2D eigenvalue weighted by molar-refractivity contribution is -0.129. The van der Waals surface area contributed by atoms with Crippen molar-refractivity contribution in [2.45, 2.75) is 38.3 Å². The number of hydrogen-bond donors (Lipinski definition) is 0. The lowest BCUT2D eigenvalue weighted by atomic mass is 10.1. The van der Waals surface area contributed by atoms with E-state index in [9.17, 15) is 13.2 Å². The van der Waals surface area contributed by atoms with Crippen molar-refractivity contribution in [2.75, 3.05) is 12.8 Å². The minimum Gasteiger partial charge on any atom is -0.339 e. The first kappa shape index (κ1) is 18.2. The van der Waals surface area contributed by atoms with Gasteiger partial charge < -0.3 is 4.90 Å². The monoisotopic (exact) mass is 349 g/mol. The molecule has 0 saturated heterocycles. The van der Waals surface area contributed by atoms with Gasteiger partial charge in [-0.05, 0) is 30.7 Å². The maximum atomic E-state index is 12.4. The van der Waals surface area contributed by atoms with E-state index in [0.29, 0.717) is 12.1 Å². The molecule has 0 aliphatic heterocycles. The number of hydrogen-bond acceptors (Lipinski definition) is 4. The molecule has 0 fully saturated rings. The first-order chi connectivity index (χ1) is 11.4. The summed E-state index contributed by atoms with van der Waals surface area (Å²) in [6.07, 6.45) is 2.05. The molecule has 7 heteroatoms. The molecule has 24 heavy (non-hydrogen) atoms. The Morgan fingerprint density at radius 2 is 2.00 bits per heavy atom. The minimum atomic E-state index is -3.26. The second kappa shape index (κ2) is 7.61. The second-order valence-corrected chi connectivity index (χ2v) is 7.92. The molecule has 1 aromatic heterocycles. The number of aromatic nitrogens is 2. The molecule has 1 aromatic carbocycles. The summed E-state index contributed by atoms with van der Waals surface area (Å²) in [6.45, 7) is 4.83. The Morgan fingerprint density at radius 3 is 2.62 bits per heavy atom. The van der Waals surface area contributed by atoms with Crippen LogP contribution in [0.2, 0.25) is 0 Å². The van der Waals surface area contributed by atoms with E-state index >= 15 is 0 Å². The fraction of sp³-hybridized carbons (Fsp3) is 0.412. The van der Waals surface area contributed by atoms with E-state index in [1.54, 1.807) is 43.1 Å². The minimum absolute atomic E-state index is 0.0460. The third-order valence-electron chi connectivity index (χ3n) is 3.84. The standard InChI is InChI=1S/C17H23N3O3S/c1-4-20-10-9-15(18-20)13-19(3)17(21)12-14-7-6-8-16(11-14)24(22,23)5-2/h6-11H,4-5,12-13H2,1-3H3. The molecular weight excluding hydrogens is 326 g/mol. The summed E-state index contributed by atoms with van der Waals surface area (Å²) in [5.74, 6) is -0.0307. The zero-order valence-electron chi connectivity index (χ0n) is 14.3. The Morgan fingerprint density at radius 1 is 1.25 bits per heavy atom. The van der Waals surface area contributed by atoms with Gasteiger partial charge in [-0.25, -0.2) is 8.42 Å². The fourth-order valence-electron chi connectivity index (χ4n) is 2.32. The van der Waals surface area contributed by atoms with Crippen LogP contribution in [0.5, 0.6) is 0 Å². The molecule has 0 atom stereocenters. The topological polar surface area (TPSA) is 72.3 Å². The highest BCUT2D eigenvalue weighted by Gasteiger charge is 2.15. The smallest absolute Gasteiger partial charge is 0.227 e. The van der Waals surface area contributed by atoms with Crippen LogP contribution in [0.1, 0.15) is 25.1 Å². The number of sulfone groups is 1. The van der Waals surface area contributed by atoms with Gasteiger partial charge in [0.25, 0.3) is 0 Å². The van der Waals surface area contributed by atoms with Crippen molar-refractivity contribution in [3.05, 3.63) is 47.8 Å². The van der Waals surface area contributed by atoms with Crippen LogP contribution < -0.4 is 0 Å². The highest BCUT2D eigenvalue weighted by Crippen LogP contribution is 2.14. The number of aryl methyl sites for hydroxylation is 1. The summed E-state index contributed by atoms with van der Waals surface area (Å²) >= 11 is 0. The van der Waals surface area contributed by atoms with Gasteiger partial charge in [-0.2, -0.15) is 5.10 Å². The fourth-order valence-corrected chi connectivity index (χ4v) is 3.27. The largest absolute Gasteiger partial charge is 0.339 e. The van der Waals surface area contributed by atoms with Crippen LogP contribution in [-0.2, 0) is 34.1 Å². The molecule has 0 N–H and O–H groups in total. The van der Waals surface area contributed by atoms with Crippen molar-refractivity contribution in [1.82, 2.24) is 14.7 Å². The number of nitrogens with zero attached hydrogens (tertiary/aromatic N) is 3. The number of benzene rings is 1. The van der Waals surface area contributed by atoms with Crippen molar-refractivity contribution < 1.29 is 13.2 Å². The summed E-state index contributed by atoms with van der Waals surface area (Å²) in [6, 6.07) is 8.48. The predicted molar refractivity (Wildman–Crippen MR) is 92.2 cm³/mol. The molecule has 1 heterocycles. The molecule has 0 bridgehead atoms. The van der Waals surface area contributed by atoms with Gasteiger partial charge in [-0.3, -0.25) is 9.48 Å². The first-order valence-corrected chi connectivity index (χ1v) is 9.59. The Labute approximate surface area is 143 Å². The molecule has 2 rings (SSSR count). The molecular formula is C17H23N3O3S. The summed E-state index contributed by atoms with van der Waals surface area (Å²) in [5, 5.41) is 4.36. The third kappa shape index (κ3) is 4.44. The molecule has 0 aliphatic rings. The van der Waals surface area contributed by atoms with E-state index in [1.165, 1.54) is 0 Å². The number of amides is 1. The molecule has 6 nitrogen and oxygen atoms in total. The van der Waals surface area contributed by atoms with E-state index in [2.05, 4.69) is 5.10 Å². The summed E-state index contributed by atoms with van der Waals surface area (Å²) in [4.78, 5) is 14.2. The quantitative estimate of drug-likeness (QED) is 0.765. The van der Waals surface area contributed by atoms with E-state index in [-0.39, 0.29) is 23.0 Å². The van der Waals surface area contributed by atoms with Crippen molar-refractivity contribution in [3.63, 3.8) is 0 Å². The van der Waals surface area contributed by atoms with E-state index in [0.717, 1.165) is 12.2 Å². The number of rotatable bonds is 7. The van der Waals surface area contributed by atoms with Gasteiger partial charge in [0.2, 0.25) is 5.91 Å². The zero-order valence-corrected chi connectivity index (χ0v) is 15.1. The van der Waals surface area contributed by atoms with Crippen molar-refractivity contribution in [1.29, 1.82) is 0 Å². The zero-order chi connectivity index (χ0) is 17.7. The molecule has 2 aromatic rings. The van der Waals surface area contributed by atoms with Crippen molar-refractivity contribution in [2.24, 2.45) is 0 Å². The second-order valence-electron chi connectivity index (χ2n) is 5.64. The van der Waals surface area contributed by atoms with Crippen LogP contribution in [-0.4, -0.2) is 41.8 Å². The van der Waals surface area contributed by atoms with Crippen molar-refractivity contribution in [3.8, 4) is 0 Å². The van der Waals surface area contributed by atoms with Gasteiger partial charge in [0.05, 0.1) is 29.3 Å². The number of carbonyl (C=O) groups excluding carboxylic acids is 1. The Kier molecular flexibility index (Phi) is 5.77. The average Bonchev–Trinajstić information content (AvgIpc) is 3.02. The predicted octanol–water partition coefficient (Wildman–Crippen LogP) is 1.90. The van der Waals surface area contributed by atoms with Gasteiger partial charge in [-0.15, -0.1) is 0 Å². The van der Waals surface area contributed by atoms with Gasteiger partial charge in [0.15, 0.2) is 9.84 Å². The summed E-state index contributed by atoms with van der Waals surface area (Å²) in [7, 11) is -1.54. The Hall–Kier alpha value is -2.15. The van der Waals surface area contributed by atoms with E-state index in [4.69, 9.17) is 0 Å². The molecule has 0 saturated carbocycles. The summed E-state index contributed by atoms with van der Waals surface area (Å²) in [5.41, 5.74) is 1.52. The molecule has 130 valence electrons. The third-order valence-corrected chi connectivity index (χ3v) is 5.57. The van der Waals surface area contributed by atoms with E-state index < -0.39 is 9.84 Å². The van der Waals surface area contributed by atoms with E-state index in [1.807, 2.05) is 23.9 Å².